The van der Waals surface area contributed by atoms with E-state index in [0.29, 0.717) is 31.5 Å². The molecule has 12 heteroatoms. The highest BCUT2D eigenvalue weighted by Crippen LogP contribution is 2.67. The zero-order valence-electron chi connectivity index (χ0n) is 41.1. The number of hydrogen-bond acceptors (Lipinski definition) is 9. The molecule has 7 N–H and O–H groups in total. The van der Waals surface area contributed by atoms with Gasteiger partial charge in [-0.15, -0.1) is 0 Å². The summed E-state index contributed by atoms with van der Waals surface area (Å²) in [6.07, 6.45) is 23.2. The zero-order valence-corrected chi connectivity index (χ0v) is 41.1. The molecule has 1 heterocycles. The van der Waals surface area contributed by atoms with Crippen LogP contribution in [0.2, 0.25) is 0 Å². The molecular weight excluding hydrogens is 787 g/mol. The molecule has 9 atom stereocenters. The van der Waals surface area contributed by atoms with Crippen LogP contribution >= 0.6 is 0 Å². The van der Waals surface area contributed by atoms with Gasteiger partial charge >= 0.3 is 6.09 Å². The fourth-order valence-corrected chi connectivity index (χ4v) is 12.9. The number of carbonyl (C=O) groups is 2. The summed E-state index contributed by atoms with van der Waals surface area (Å²) >= 11 is 0. The molecule has 12 nitrogen and oxygen atoms in total. The van der Waals surface area contributed by atoms with Gasteiger partial charge < -0.3 is 41.6 Å². The van der Waals surface area contributed by atoms with Crippen molar-refractivity contribution in [3.8, 4) is 0 Å². The summed E-state index contributed by atoms with van der Waals surface area (Å²) < 4.78 is 6.20. The summed E-state index contributed by atoms with van der Waals surface area (Å²) in [5.41, 5.74) is 15.3. The summed E-state index contributed by atoms with van der Waals surface area (Å²) in [5, 5.41) is 6.20. The third kappa shape index (κ3) is 14.5. The van der Waals surface area contributed by atoms with Crippen molar-refractivity contribution in [2.75, 3.05) is 78.5 Å². The van der Waals surface area contributed by atoms with Gasteiger partial charge in [-0.1, -0.05) is 85.8 Å². The van der Waals surface area contributed by atoms with Crippen LogP contribution in [0.25, 0.3) is 0 Å². The number of ether oxygens (including phenoxy) is 1. The summed E-state index contributed by atoms with van der Waals surface area (Å²) in [6, 6.07) is -0.619. The first-order valence-corrected chi connectivity index (χ1v) is 25.8. The molecule has 0 bridgehead atoms. The maximum Gasteiger partial charge on any atom is 0.407 e. The van der Waals surface area contributed by atoms with E-state index >= 15 is 0 Å². The predicted octanol–water partition coefficient (Wildman–Crippen LogP) is 7.61. The monoisotopic (exact) mass is 880 g/mol. The Kier molecular flexibility index (Phi) is 20.8. The number of nitrogens with one attached hydrogen (secondary N) is 3. The van der Waals surface area contributed by atoms with E-state index in [1.807, 2.05) is 0 Å². The summed E-state index contributed by atoms with van der Waals surface area (Å²) in [6.45, 7) is 26.7. The van der Waals surface area contributed by atoms with Crippen LogP contribution < -0.4 is 22.1 Å². The van der Waals surface area contributed by atoms with Gasteiger partial charge in [0.1, 0.15) is 6.10 Å². The Labute approximate surface area is 383 Å². The second-order valence-electron chi connectivity index (χ2n) is 21.3. The number of allylic oxidation sites excluding steroid dienone is 1. The van der Waals surface area contributed by atoms with Crippen molar-refractivity contribution in [3.63, 3.8) is 0 Å². The van der Waals surface area contributed by atoms with Crippen LogP contribution in [0.5, 0.6) is 0 Å². The molecule has 0 spiro atoms. The Balaban J connectivity index is 1.10. The Bertz CT molecular complexity index is 1520. The van der Waals surface area contributed by atoms with Crippen molar-refractivity contribution in [1.29, 1.82) is 0 Å². The Morgan fingerprint density at radius 2 is 1.57 bits per heavy atom. The minimum Gasteiger partial charge on any atom is -0.446 e. The van der Waals surface area contributed by atoms with Crippen LogP contribution in [0.15, 0.2) is 24.2 Å². The number of H-pyrrole nitrogens is 1. The molecule has 0 aromatic carbocycles. The van der Waals surface area contributed by atoms with Crippen molar-refractivity contribution in [2.45, 2.75) is 157 Å². The van der Waals surface area contributed by atoms with Crippen LogP contribution in [-0.2, 0) is 16.0 Å². The number of fused-ring (bicyclic) bond motifs is 5. The highest BCUT2D eigenvalue weighted by molar-refractivity contribution is 5.81. The predicted molar refractivity (Wildman–Crippen MR) is 258 cm³/mol. The lowest BCUT2D eigenvalue weighted by Crippen LogP contribution is -2.51. The fraction of sp³-hybridized carbons (Fsp3) is 0.863. The van der Waals surface area contributed by atoms with Gasteiger partial charge in [-0.05, 0) is 117 Å². The first-order chi connectivity index (χ1) is 30.3. The Morgan fingerprint density at radius 1 is 0.857 bits per heavy atom. The van der Waals surface area contributed by atoms with E-state index in [4.69, 9.17) is 16.2 Å². The number of nitrogens with zero attached hydrogens (tertiary/aromatic N) is 4. The van der Waals surface area contributed by atoms with E-state index in [1.54, 1.807) is 18.1 Å². The second-order valence-corrected chi connectivity index (χ2v) is 21.3. The van der Waals surface area contributed by atoms with Gasteiger partial charge in [0.25, 0.3) is 0 Å². The summed E-state index contributed by atoms with van der Waals surface area (Å²) in [7, 11) is 0. The average Bonchev–Trinajstić information content (AvgIpc) is 3.90. The van der Waals surface area contributed by atoms with Crippen molar-refractivity contribution < 1.29 is 14.3 Å². The molecule has 1 aromatic heterocycles. The molecule has 0 saturated heterocycles. The number of amides is 2. The van der Waals surface area contributed by atoms with Crippen LogP contribution in [-0.4, -0.2) is 127 Å². The van der Waals surface area contributed by atoms with Gasteiger partial charge in [0.05, 0.1) is 12.4 Å². The van der Waals surface area contributed by atoms with E-state index in [-0.39, 0.29) is 23.5 Å². The summed E-state index contributed by atoms with van der Waals surface area (Å²) in [4.78, 5) is 40.5. The first-order valence-electron chi connectivity index (χ1n) is 25.8. The van der Waals surface area contributed by atoms with E-state index in [2.05, 4.69) is 89.8 Å². The van der Waals surface area contributed by atoms with Crippen molar-refractivity contribution in [2.24, 2.45) is 57.8 Å². The van der Waals surface area contributed by atoms with Crippen LogP contribution in [0.1, 0.15) is 144 Å². The normalized spacial score (nSPS) is 27.8. The van der Waals surface area contributed by atoms with E-state index in [9.17, 15) is 9.59 Å². The number of carbonyl (C=O) groups excluding carboxylic acids is 2. The maximum absolute atomic E-state index is 13.4. The number of aromatic nitrogens is 2. The van der Waals surface area contributed by atoms with Crippen molar-refractivity contribution in [3.05, 3.63) is 29.9 Å². The molecule has 4 unspecified atom stereocenters. The molecule has 0 aliphatic heterocycles. The molecule has 360 valence electrons. The van der Waals surface area contributed by atoms with E-state index < -0.39 is 6.04 Å². The lowest BCUT2D eigenvalue weighted by molar-refractivity contribution is -0.122. The number of alkyl carbamates (subject to hydrolysis) is 1. The van der Waals surface area contributed by atoms with Gasteiger partial charge in [-0.2, -0.15) is 0 Å². The molecule has 4 aliphatic rings. The SMILES string of the molecule is CCCCN(CCNC(=O)[C@H](N)Cc1cnc[nH]1)CCN(CCNC(=O)OC1CC[C@]2(C)C(=CCC3C2CC[C@]2(C)C3CC[C@H]2[C@@H](C)CCCC(C)C)C1)CCN(CCC)CCN. The number of unbranched alkanes of at least 4 members (excludes halogenated alkanes) is 1. The zero-order chi connectivity index (χ0) is 45.4. The highest BCUT2D eigenvalue weighted by atomic mass is 16.6. The Morgan fingerprint density at radius 3 is 2.24 bits per heavy atom. The number of nitrogens with two attached hydrogens (primary N) is 2. The van der Waals surface area contributed by atoms with Gasteiger partial charge in [-0.3, -0.25) is 9.69 Å². The molecule has 0 radical (unpaired) electrons. The molecule has 3 saturated carbocycles. The molecule has 63 heavy (non-hydrogen) atoms. The number of hydrogen-bond donors (Lipinski definition) is 5. The number of aromatic amines is 1. The number of imidazole rings is 1. The molecule has 5 rings (SSSR count). The van der Waals surface area contributed by atoms with Gasteiger partial charge in [-0.25, -0.2) is 9.78 Å². The van der Waals surface area contributed by atoms with Gasteiger partial charge in [0.15, 0.2) is 0 Å². The topological polar surface area (TPSA) is 158 Å². The second kappa shape index (κ2) is 25.4. The molecule has 2 amide bonds. The minimum absolute atomic E-state index is 0.0557. The number of rotatable bonds is 28. The van der Waals surface area contributed by atoms with Gasteiger partial charge in [0.2, 0.25) is 5.91 Å². The highest BCUT2D eigenvalue weighted by Gasteiger charge is 2.59. The standard InChI is InChI=1S/C51H93N9O3/c1-8-10-26-59(28-23-55-48(61)47(53)35-41-36-54-37-57-41)31-33-60(32-30-58(25-9-2)27-22-52)29-24-56-49(62)63-42-18-20-50(6)40(34-42)14-15-43-45-17-16-44(39(5)13-11-12-38(3)4)51(45,7)21-19-46(43)50/h14,36-39,42-47H,8-13,15-35,52-53H2,1-7H3,(H,54,57)(H,55,61)(H,56,62)/t39-,42?,43?,44-,45?,46?,47+,50+,51-/m0/s1. The quantitative estimate of drug-likeness (QED) is 0.0535. The van der Waals surface area contributed by atoms with Crippen LogP contribution in [0, 0.1) is 46.3 Å². The largest absolute Gasteiger partial charge is 0.446 e. The third-order valence-corrected chi connectivity index (χ3v) is 16.6. The first kappa shape index (κ1) is 51.5. The maximum atomic E-state index is 13.4. The molecule has 1 aromatic rings. The molecule has 3 fully saturated rings. The van der Waals surface area contributed by atoms with Crippen LogP contribution in [0.3, 0.4) is 0 Å². The molecular formula is C51H93N9O3. The minimum atomic E-state index is -0.619. The lowest BCUT2D eigenvalue weighted by Gasteiger charge is -2.58. The average molecular weight is 880 g/mol. The smallest absolute Gasteiger partial charge is 0.407 e. The third-order valence-electron chi connectivity index (χ3n) is 16.6. The van der Waals surface area contributed by atoms with Crippen molar-refractivity contribution >= 4 is 12.0 Å². The summed E-state index contributed by atoms with van der Waals surface area (Å²) in [5.74, 6) is 4.80. The van der Waals surface area contributed by atoms with E-state index in [0.717, 1.165) is 139 Å². The van der Waals surface area contributed by atoms with E-state index in [1.165, 1.54) is 51.4 Å². The fourth-order valence-electron chi connectivity index (χ4n) is 12.9. The Hall–Kier alpha value is -2.51. The van der Waals surface area contributed by atoms with Crippen molar-refractivity contribution in [1.82, 2.24) is 35.3 Å². The molecule has 4 aliphatic carbocycles. The van der Waals surface area contributed by atoms with Crippen LogP contribution in [0.4, 0.5) is 4.79 Å². The van der Waals surface area contributed by atoms with Gasteiger partial charge in [0, 0.05) is 90.2 Å². The lowest BCUT2D eigenvalue weighted by atomic mass is 9.47.